The zero-order chi connectivity index (χ0) is 16.0. The number of ether oxygens (including phenoxy) is 1. The van der Waals surface area contributed by atoms with Gasteiger partial charge in [0.25, 0.3) is 0 Å². The van der Waals surface area contributed by atoms with Crippen LogP contribution >= 0.6 is 0 Å². The maximum atomic E-state index is 12.5. The van der Waals surface area contributed by atoms with Crippen molar-refractivity contribution >= 4 is 21.4 Å². The monoisotopic (exact) mass is 317 g/mol. The first-order valence-electron chi connectivity index (χ1n) is 6.47. The van der Waals surface area contributed by atoms with Crippen LogP contribution in [0.5, 0.6) is 0 Å². The Bertz CT molecular complexity index is 603. The third kappa shape index (κ3) is 3.90. The van der Waals surface area contributed by atoms with Crippen molar-refractivity contribution in [1.82, 2.24) is 4.31 Å². The number of sulfonamides is 1. The van der Waals surface area contributed by atoms with Crippen molar-refractivity contribution in [2.45, 2.75) is 18.7 Å². The van der Waals surface area contributed by atoms with Gasteiger partial charge in [0.05, 0.1) is 11.5 Å². The summed E-state index contributed by atoms with van der Waals surface area (Å²) in [6, 6.07) is 3.87. The Morgan fingerprint density at radius 3 is 2.57 bits per heavy atom. The predicted molar refractivity (Wildman–Crippen MR) is 78.4 cm³/mol. The van der Waals surface area contributed by atoms with Gasteiger partial charge in [-0.1, -0.05) is 13.0 Å². The second-order valence-electron chi connectivity index (χ2n) is 4.14. The third-order valence-corrected chi connectivity index (χ3v) is 4.88. The molecule has 0 amide bonds. The Kier molecular flexibility index (Phi) is 6.06. The fraction of sp³-hybridized carbons (Fsp3) is 0.500. The number of nitrogen functional groups attached to an aromatic ring is 1. The molecule has 0 aliphatic carbocycles. The van der Waals surface area contributed by atoms with E-state index in [4.69, 9.17) is 10.5 Å². The summed E-state index contributed by atoms with van der Waals surface area (Å²) in [6.07, 6.45) is 0. The van der Waals surface area contributed by atoms with Crippen LogP contribution in [0.1, 0.15) is 13.8 Å². The van der Waals surface area contributed by atoms with Gasteiger partial charge in [-0.15, -0.1) is 0 Å². The molecular weight excluding hydrogens is 298 g/mol. The van der Waals surface area contributed by atoms with E-state index in [-0.39, 0.29) is 25.4 Å². The van der Waals surface area contributed by atoms with Gasteiger partial charge >= 0.3 is 5.69 Å². The van der Waals surface area contributed by atoms with E-state index in [1.807, 2.05) is 0 Å². The number of nitro benzene ring substituents is 1. The highest BCUT2D eigenvalue weighted by Crippen LogP contribution is 2.31. The van der Waals surface area contributed by atoms with Crippen LogP contribution in [0.2, 0.25) is 0 Å². The van der Waals surface area contributed by atoms with Crippen LogP contribution < -0.4 is 5.73 Å². The molecular formula is C12H19N3O5S. The first-order valence-corrected chi connectivity index (χ1v) is 7.91. The summed E-state index contributed by atoms with van der Waals surface area (Å²) in [5.41, 5.74) is 4.76. The molecule has 0 radical (unpaired) electrons. The highest BCUT2D eigenvalue weighted by atomic mass is 32.2. The number of nitrogens with two attached hydrogens (primary N) is 1. The zero-order valence-corrected chi connectivity index (χ0v) is 12.8. The van der Waals surface area contributed by atoms with Gasteiger partial charge in [0.2, 0.25) is 10.0 Å². The van der Waals surface area contributed by atoms with Crippen molar-refractivity contribution in [2.75, 3.05) is 32.0 Å². The average Bonchev–Trinajstić information content (AvgIpc) is 2.42. The normalized spacial score (nSPS) is 11.8. The van der Waals surface area contributed by atoms with E-state index in [1.165, 1.54) is 18.2 Å². The third-order valence-electron chi connectivity index (χ3n) is 2.87. The molecule has 0 unspecified atom stereocenters. The molecule has 0 fully saturated rings. The molecule has 1 aromatic carbocycles. The number of rotatable bonds is 8. The molecule has 9 heteroatoms. The summed E-state index contributed by atoms with van der Waals surface area (Å²) in [4.78, 5) is 9.90. The zero-order valence-electron chi connectivity index (χ0n) is 12.0. The molecule has 118 valence electrons. The van der Waals surface area contributed by atoms with Crippen LogP contribution in [0, 0.1) is 10.1 Å². The van der Waals surface area contributed by atoms with E-state index in [9.17, 15) is 18.5 Å². The molecule has 0 aliphatic heterocycles. The van der Waals surface area contributed by atoms with Crippen molar-refractivity contribution < 1.29 is 18.1 Å². The summed E-state index contributed by atoms with van der Waals surface area (Å²) < 4.78 is 31.4. The predicted octanol–water partition coefficient (Wildman–Crippen LogP) is 1.22. The average molecular weight is 317 g/mol. The van der Waals surface area contributed by atoms with Crippen LogP contribution in [0.3, 0.4) is 0 Å². The van der Waals surface area contributed by atoms with Crippen LogP contribution in [0.15, 0.2) is 23.1 Å². The maximum absolute atomic E-state index is 12.5. The summed E-state index contributed by atoms with van der Waals surface area (Å²) in [5.74, 6) is 0. The molecule has 0 heterocycles. The SMILES string of the molecule is CCOCCN(CC)S(=O)(=O)c1cccc(N)c1[N+](=O)[O-]. The van der Waals surface area contributed by atoms with Gasteiger partial charge in [-0.25, -0.2) is 8.42 Å². The minimum atomic E-state index is -4.00. The van der Waals surface area contributed by atoms with Crippen LogP contribution in [-0.2, 0) is 14.8 Å². The lowest BCUT2D eigenvalue weighted by molar-refractivity contribution is -0.386. The number of benzene rings is 1. The van der Waals surface area contributed by atoms with Gasteiger partial charge < -0.3 is 10.5 Å². The quantitative estimate of drug-likeness (QED) is 0.333. The first-order chi connectivity index (χ1) is 9.86. The standard InChI is InChI=1S/C12H19N3O5S/c1-3-14(8-9-20-4-2)21(18,19)11-7-5-6-10(13)12(11)15(16)17/h5-7H,3-4,8-9,13H2,1-2H3. The van der Waals surface area contributed by atoms with Gasteiger partial charge in [0.15, 0.2) is 4.90 Å². The Balaban J connectivity index is 3.23. The number of likely N-dealkylation sites (N-methyl/N-ethyl adjacent to an activating group) is 1. The molecule has 2 N–H and O–H groups in total. The van der Waals surface area contributed by atoms with E-state index in [2.05, 4.69) is 0 Å². The van der Waals surface area contributed by atoms with Crippen molar-refractivity contribution in [3.05, 3.63) is 28.3 Å². The second-order valence-corrected chi connectivity index (χ2v) is 6.05. The summed E-state index contributed by atoms with van der Waals surface area (Å²) in [7, 11) is -4.00. The molecule has 0 spiro atoms. The maximum Gasteiger partial charge on any atom is 0.312 e. The van der Waals surface area contributed by atoms with Crippen molar-refractivity contribution in [2.24, 2.45) is 0 Å². The van der Waals surface area contributed by atoms with Crippen LogP contribution in [-0.4, -0.2) is 43.9 Å². The lowest BCUT2D eigenvalue weighted by atomic mass is 10.3. The first kappa shape index (κ1) is 17.3. The molecule has 1 rings (SSSR count). The number of para-hydroxylation sites is 1. The molecule has 0 atom stereocenters. The minimum absolute atomic E-state index is 0.124. The molecule has 0 saturated heterocycles. The number of nitro groups is 1. The van der Waals surface area contributed by atoms with Gasteiger partial charge in [-0.05, 0) is 19.1 Å². The topological polar surface area (TPSA) is 116 Å². The Morgan fingerprint density at radius 2 is 2.05 bits per heavy atom. The van der Waals surface area contributed by atoms with Gasteiger partial charge in [-0.3, -0.25) is 10.1 Å². The van der Waals surface area contributed by atoms with Gasteiger partial charge in [0.1, 0.15) is 5.69 Å². The molecule has 0 aliphatic rings. The van der Waals surface area contributed by atoms with Gasteiger partial charge in [-0.2, -0.15) is 4.31 Å². The van der Waals surface area contributed by atoms with E-state index in [0.717, 1.165) is 4.31 Å². The fourth-order valence-corrected chi connectivity index (χ4v) is 3.46. The highest BCUT2D eigenvalue weighted by molar-refractivity contribution is 7.89. The molecule has 0 aromatic heterocycles. The van der Waals surface area contributed by atoms with Gasteiger partial charge in [0, 0.05) is 19.7 Å². The molecule has 1 aromatic rings. The lowest BCUT2D eigenvalue weighted by Gasteiger charge is -2.20. The summed E-state index contributed by atoms with van der Waals surface area (Å²) in [5, 5.41) is 11.1. The fourth-order valence-electron chi connectivity index (χ4n) is 1.84. The largest absolute Gasteiger partial charge is 0.393 e. The second kappa shape index (κ2) is 7.34. The smallest absolute Gasteiger partial charge is 0.312 e. The van der Waals surface area contributed by atoms with Crippen LogP contribution in [0.4, 0.5) is 11.4 Å². The Hall–Kier alpha value is -1.71. The van der Waals surface area contributed by atoms with E-state index in [1.54, 1.807) is 13.8 Å². The number of hydrogen-bond donors (Lipinski definition) is 1. The number of hydrogen-bond acceptors (Lipinski definition) is 6. The Labute approximate surface area is 123 Å². The minimum Gasteiger partial charge on any atom is -0.393 e. The molecule has 0 saturated carbocycles. The van der Waals surface area contributed by atoms with Crippen molar-refractivity contribution in [1.29, 1.82) is 0 Å². The summed E-state index contributed by atoms with van der Waals surface area (Å²) >= 11 is 0. The van der Waals surface area contributed by atoms with Crippen molar-refractivity contribution in [3.8, 4) is 0 Å². The van der Waals surface area contributed by atoms with E-state index in [0.29, 0.717) is 6.61 Å². The van der Waals surface area contributed by atoms with Crippen molar-refractivity contribution in [3.63, 3.8) is 0 Å². The van der Waals surface area contributed by atoms with E-state index >= 15 is 0 Å². The molecule has 0 bridgehead atoms. The number of nitrogens with zero attached hydrogens (tertiary/aromatic N) is 2. The Morgan fingerprint density at radius 1 is 1.38 bits per heavy atom. The number of anilines is 1. The molecule has 8 nitrogen and oxygen atoms in total. The highest BCUT2D eigenvalue weighted by Gasteiger charge is 2.32. The lowest BCUT2D eigenvalue weighted by Crippen LogP contribution is -2.34. The van der Waals surface area contributed by atoms with Crippen LogP contribution in [0.25, 0.3) is 0 Å². The molecule has 21 heavy (non-hydrogen) atoms. The summed E-state index contributed by atoms with van der Waals surface area (Å²) in [6.45, 7) is 4.45. The van der Waals surface area contributed by atoms with E-state index < -0.39 is 25.5 Å².